The molecule has 0 bridgehead atoms. The van der Waals surface area contributed by atoms with E-state index in [1.54, 1.807) is 0 Å². The SMILES string of the molecule is CC1COCCN1C1(CN)CCCCC1C. The zero-order chi connectivity index (χ0) is 11.6. The second-order valence-electron chi connectivity index (χ2n) is 5.57. The van der Waals surface area contributed by atoms with Crippen molar-refractivity contribution in [1.82, 2.24) is 4.90 Å². The first kappa shape index (κ1) is 12.3. The minimum Gasteiger partial charge on any atom is -0.379 e. The molecule has 94 valence electrons. The van der Waals surface area contributed by atoms with Gasteiger partial charge >= 0.3 is 0 Å². The Morgan fingerprint density at radius 2 is 2.19 bits per heavy atom. The molecule has 1 aliphatic carbocycles. The van der Waals surface area contributed by atoms with E-state index in [0.717, 1.165) is 32.2 Å². The van der Waals surface area contributed by atoms with Gasteiger partial charge in [-0.1, -0.05) is 19.8 Å². The number of rotatable bonds is 2. The second-order valence-corrected chi connectivity index (χ2v) is 5.57. The van der Waals surface area contributed by atoms with E-state index in [9.17, 15) is 0 Å². The molecule has 2 N–H and O–H groups in total. The highest BCUT2D eigenvalue weighted by atomic mass is 16.5. The first-order chi connectivity index (χ1) is 7.70. The van der Waals surface area contributed by atoms with Crippen molar-refractivity contribution >= 4 is 0 Å². The molecule has 1 saturated heterocycles. The summed E-state index contributed by atoms with van der Waals surface area (Å²) in [6.07, 6.45) is 5.32. The van der Waals surface area contributed by atoms with E-state index >= 15 is 0 Å². The standard InChI is InChI=1S/C13H26N2O/c1-11-5-3-4-6-13(11,10-14)15-7-8-16-9-12(15)2/h11-12H,3-10,14H2,1-2H3. The lowest BCUT2D eigenvalue weighted by atomic mass is 9.71. The summed E-state index contributed by atoms with van der Waals surface area (Å²) in [5.74, 6) is 0.729. The number of nitrogens with two attached hydrogens (primary N) is 1. The zero-order valence-corrected chi connectivity index (χ0v) is 10.7. The van der Waals surface area contributed by atoms with Gasteiger partial charge in [0.1, 0.15) is 0 Å². The fourth-order valence-electron chi connectivity index (χ4n) is 3.63. The van der Waals surface area contributed by atoms with E-state index in [0.29, 0.717) is 6.04 Å². The number of hydrogen-bond donors (Lipinski definition) is 1. The van der Waals surface area contributed by atoms with Gasteiger partial charge < -0.3 is 10.5 Å². The fraction of sp³-hybridized carbons (Fsp3) is 1.00. The summed E-state index contributed by atoms with van der Waals surface area (Å²) in [6.45, 7) is 8.26. The van der Waals surface area contributed by atoms with Crippen LogP contribution in [0.15, 0.2) is 0 Å². The first-order valence-corrected chi connectivity index (χ1v) is 6.75. The number of hydrogen-bond acceptors (Lipinski definition) is 3. The Morgan fingerprint density at radius 1 is 1.38 bits per heavy atom. The van der Waals surface area contributed by atoms with Gasteiger partial charge in [-0.25, -0.2) is 0 Å². The summed E-state index contributed by atoms with van der Waals surface area (Å²) < 4.78 is 5.55. The van der Waals surface area contributed by atoms with Gasteiger partial charge in [0, 0.05) is 24.7 Å². The first-order valence-electron chi connectivity index (χ1n) is 6.75. The molecule has 0 radical (unpaired) electrons. The number of morpholine rings is 1. The van der Waals surface area contributed by atoms with E-state index in [4.69, 9.17) is 10.5 Å². The number of ether oxygens (including phenoxy) is 1. The third kappa shape index (κ3) is 2.01. The van der Waals surface area contributed by atoms with Crippen LogP contribution in [0.2, 0.25) is 0 Å². The van der Waals surface area contributed by atoms with Gasteiger partial charge in [-0.05, 0) is 25.7 Å². The molecule has 1 aliphatic heterocycles. The maximum absolute atomic E-state index is 6.14. The molecular weight excluding hydrogens is 200 g/mol. The maximum atomic E-state index is 6.14. The zero-order valence-electron chi connectivity index (χ0n) is 10.7. The van der Waals surface area contributed by atoms with Crippen LogP contribution in [-0.2, 0) is 4.74 Å². The van der Waals surface area contributed by atoms with Crippen molar-refractivity contribution in [2.75, 3.05) is 26.3 Å². The van der Waals surface area contributed by atoms with Crippen molar-refractivity contribution in [3.05, 3.63) is 0 Å². The van der Waals surface area contributed by atoms with Crippen molar-refractivity contribution in [2.24, 2.45) is 11.7 Å². The van der Waals surface area contributed by atoms with Gasteiger partial charge in [-0.15, -0.1) is 0 Å². The predicted molar refractivity (Wildman–Crippen MR) is 66.4 cm³/mol. The molecule has 3 nitrogen and oxygen atoms in total. The van der Waals surface area contributed by atoms with Crippen LogP contribution in [0.5, 0.6) is 0 Å². The van der Waals surface area contributed by atoms with Crippen LogP contribution in [0.25, 0.3) is 0 Å². The van der Waals surface area contributed by atoms with Crippen LogP contribution in [-0.4, -0.2) is 42.8 Å². The summed E-state index contributed by atoms with van der Waals surface area (Å²) >= 11 is 0. The van der Waals surface area contributed by atoms with Crippen LogP contribution in [0.1, 0.15) is 39.5 Å². The van der Waals surface area contributed by atoms with E-state index in [1.165, 1.54) is 25.7 Å². The molecule has 0 aromatic heterocycles. The van der Waals surface area contributed by atoms with Crippen LogP contribution in [0, 0.1) is 5.92 Å². The summed E-state index contributed by atoms with van der Waals surface area (Å²) in [5.41, 5.74) is 6.39. The quantitative estimate of drug-likeness (QED) is 0.777. The van der Waals surface area contributed by atoms with Gasteiger partial charge in [-0.2, -0.15) is 0 Å². The molecule has 3 heteroatoms. The largest absolute Gasteiger partial charge is 0.379 e. The maximum Gasteiger partial charge on any atom is 0.0620 e. The molecule has 1 heterocycles. The van der Waals surface area contributed by atoms with Crippen molar-refractivity contribution in [1.29, 1.82) is 0 Å². The second kappa shape index (κ2) is 5.03. The molecule has 3 unspecified atom stereocenters. The Bertz CT molecular complexity index is 234. The lowest BCUT2D eigenvalue weighted by Crippen LogP contribution is -2.64. The third-order valence-corrected chi connectivity index (χ3v) is 4.71. The van der Waals surface area contributed by atoms with E-state index in [-0.39, 0.29) is 5.54 Å². The molecule has 3 atom stereocenters. The fourth-order valence-corrected chi connectivity index (χ4v) is 3.63. The molecule has 2 fully saturated rings. The minimum atomic E-state index is 0.251. The Hall–Kier alpha value is -0.120. The monoisotopic (exact) mass is 226 g/mol. The molecule has 0 amide bonds. The molecule has 0 aromatic carbocycles. The van der Waals surface area contributed by atoms with Gasteiger partial charge in [0.2, 0.25) is 0 Å². The smallest absolute Gasteiger partial charge is 0.0620 e. The highest BCUT2D eigenvalue weighted by molar-refractivity contribution is 5.00. The van der Waals surface area contributed by atoms with Crippen molar-refractivity contribution in [3.8, 4) is 0 Å². The van der Waals surface area contributed by atoms with E-state index < -0.39 is 0 Å². The normalized spacial score (nSPS) is 42.2. The minimum absolute atomic E-state index is 0.251. The summed E-state index contributed by atoms with van der Waals surface area (Å²) in [5, 5.41) is 0. The van der Waals surface area contributed by atoms with Gasteiger partial charge in [0.15, 0.2) is 0 Å². The van der Waals surface area contributed by atoms with Crippen molar-refractivity contribution in [2.45, 2.75) is 51.1 Å². The third-order valence-electron chi connectivity index (χ3n) is 4.71. The summed E-state index contributed by atoms with van der Waals surface area (Å²) in [6, 6.07) is 0.526. The van der Waals surface area contributed by atoms with Crippen LogP contribution in [0.4, 0.5) is 0 Å². The predicted octanol–water partition coefficient (Wildman–Crippen LogP) is 1.61. The highest BCUT2D eigenvalue weighted by Crippen LogP contribution is 2.39. The summed E-state index contributed by atoms with van der Waals surface area (Å²) in [7, 11) is 0. The van der Waals surface area contributed by atoms with Gasteiger partial charge in [0.25, 0.3) is 0 Å². The molecule has 2 aliphatic rings. The van der Waals surface area contributed by atoms with Crippen molar-refractivity contribution < 1.29 is 4.74 Å². The van der Waals surface area contributed by atoms with Crippen LogP contribution < -0.4 is 5.73 Å². The summed E-state index contributed by atoms with van der Waals surface area (Å²) in [4.78, 5) is 2.64. The molecule has 16 heavy (non-hydrogen) atoms. The average Bonchev–Trinajstić information content (AvgIpc) is 2.31. The molecular formula is C13H26N2O. The lowest BCUT2D eigenvalue weighted by Gasteiger charge is -2.53. The average molecular weight is 226 g/mol. The number of nitrogens with zero attached hydrogens (tertiary/aromatic N) is 1. The molecule has 0 spiro atoms. The molecule has 0 aromatic rings. The van der Waals surface area contributed by atoms with E-state index in [2.05, 4.69) is 18.7 Å². The highest BCUT2D eigenvalue weighted by Gasteiger charge is 2.44. The van der Waals surface area contributed by atoms with Gasteiger partial charge in [0.05, 0.1) is 13.2 Å². The van der Waals surface area contributed by atoms with Crippen LogP contribution >= 0.6 is 0 Å². The lowest BCUT2D eigenvalue weighted by molar-refractivity contribution is -0.0870. The molecule has 2 rings (SSSR count). The van der Waals surface area contributed by atoms with Gasteiger partial charge in [-0.3, -0.25) is 4.90 Å². The Morgan fingerprint density at radius 3 is 2.81 bits per heavy atom. The Kier molecular flexibility index (Phi) is 3.88. The van der Waals surface area contributed by atoms with Crippen LogP contribution in [0.3, 0.4) is 0 Å². The Balaban J connectivity index is 2.17. The molecule has 1 saturated carbocycles. The topological polar surface area (TPSA) is 38.5 Å². The Labute approximate surface area is 99.3 Å². The van der Waals surface area contributed by atoms with Crippen molar-refractivity contribution in [3.63, 3.8) is 0 Å². The van der Waals surface area contributed by atoms with E-state index in [1.807, 2.05) is 0 Å².